The van der Waals surface area contributed by atoms with E-state index in [2.05, 4.69) is 20.6 Å². The van der Waals surface area contributed by atoms with E-state index in [4.69, 9.17) is 9.47 Å². The first-order valence-electron chi connectivity index (χ1n) is 9.38. The Kier molecular flexibility index (Phi) is 6.61. The van der Waals surface area contributed by atoms with Gasteiger partial charge >= 0.3 is 11.7 Å². The Hall–Kier alpha value is -4.21. The number of methoxy groups -OCH3 is 1. The van der Waals surface area contributed by atoms with Crippen LogP contribution in [0.15, 0.2) is 48.8 Å². The van der Waals surface area contributed by atoms with Crippen molar-refractivity contribution in [2.45, 2.75) is 13.8 Å². The zero-order valence-electron chi connectivity index (χ0n) is 17.2. The van der Waals surface area contributed by atoms with E-state index in [-0.39, 0.29) is 23.9 Å². The first kappa shape index (κ1) is 21.5. The molecule has 0 bridgehead atoms. The number of aryl methyl sites for hydroxylation is 1. The van der Waals surface area contributed by atoms with Crippen molar-refractivity contribution in [3.05, 3.63) is 70.0 Å². The largest absolute Gasteiger partial charge is 0.495 e. The maximum atomic E-state index is 12.0. The fourth-order valence-electron chi connectivity index (χ4n) is 2.86. The molecule has 1 aromatic heterocycles. The van der Waals surface area contributed by atoms with E-state index in [0.717, 1.165) is 5.56 Å². The number of hydrogen-bond acceptors (Lipinski definition) is 9. The van der Waals surface area contributed by atoms with E-state index in [0.29, 0.717) is 22.7 Å². The van der Waals surface area contributed by atoms with Crippen LogP contribution in [0.2, 0.25) is 0 Å². The van der Waals surface area contributed by atoms with E-state index in [1.165, 1.54) is 19.5 Å². The summed E-state index contributed by atoms with van der Waals surface area (Å²) in [6.45, 7) is 3.84. The van der Waals surface area contributed by atoms with Crippen molar-refractivity contribution in [3.63, 3.8) is 0 Å². The van der Waals surface area contributed by atoms with Crippen molar-refractivity contribution in [3.8, 4) is 5.75 Å². The number of carbonyl (C=O) groups is 1. The van der Waals surface area contributed by atoms with Gasteiger partial charge in [0.05, 0.1) is 29.9 Å². The molecule has 0 saturated carbocycles. The number of carbonyl (C=O) groups excluding carboxylic acids is 1. The monoisotopic (exact) mass is 423 g/mol. The minimum atomic E-state index is -0.581. The van der Waals surface area contributed by atoms with Crippen LogP contribution >= 0.6 is 0 Å². The molecule has 160 valence electrons. The lowest BCUT2D eigenvalue weighted by atomic mass is 10.2. The Morgan fingerprint density at radius 2 is 1.87 bits per heavy atom. The molecule has 0 atom stereocenters. The van der Waals surface area contributed by atoms with Crippen LogP contribution in [0.25, 0.3) is 0 Å². The first-order chi connectivity index (χ1) is 14.9. The molecule has 0 fully saturated rings. The summed E-state index contributed by atoms with van der Waals surface area (Å²) in [7, 11) is 1.51. The molecule has 0 aliphatic rings. The molecule has 0 aliphatic carbocycles. The minimum Gasteiger partial charge on any atom is -0.495 e. The molecule has 2 aromatic carbocycles. The second-order valence-electron chi connectivity index (χ2n) is 6.43. The lowest BCUT2D eigenvalue weighted by molar-refractivity contribution is -0.383. The maximum Gasteiger partial charge on any atom is 0.353 e. The van der Waals surface area contributed by atoms with Crippen LogP contribution in [0.4, 0.5) is 28.7 Å². The van der Waals surface area contributed by atoms with Crippen molar-refractivity contribution in [1.82, 2.24) is 9.97 Å². The van der Waals surface area contributed by atoms with Crippen LogP contribution in [0.1, 0.15) is 22.8 Å². The second-order valence-corrected chi connectivity index (χ2v) is 6.43. The zero-order chi connectivity index (χ0) is 22.4. The van der Waals surface area contributed by atoms with E-state index in [1.54, 1.807) is 37.3 Å². The molecule has 10 heteroatoms. The third-order valence-corrected chi connectivity index (χ3v) is 4.25. The Morgan fingerprint density at radius 1 is 1.13 bits per heavy atom. The molecule has 0 amide bonds. The number of nitrogens with zero attached hydrogens (tertiary/aromatic N) is 3. The van der Waals surface area contributed by atoms with Crippen molar-refractivity contribution >= 4 is 34.7 Å². The number of nitrogens with one attached hydrogen (secondary N) is 2. The van der Waals surface area contributed by atoms with Gasteiger partial charge in [-0.05, 0) is 49.7 Å². The summed E-state index contributed by atoms with van der Waals surface area (Å²) >= 11 is 0. The Balaban J connectivity index is 1.97. The van der Waals surface area contributed by atoms with Crippen molar-refractivity contribution in [2.75, 3.05) is 24.4 Å². The molecule has 0 spiro atoms. The van der Waals surface area contributed by atoms with Crippen molar-refractivity contribution in [2.24, 2.45) is 0 Å². The van der Waals surface area contributed by atoms with Gasteiger partial charge in [-0.25, -0.2) is 14.8 Å². The normalized spacial score (nSPS) is 10.3. The summed E-state index contributed by atoms with van der Waals surface area (Å²) in [5.41, 5.74) is 1.86. The van der Waals surface area contributed by atoms with Crippen LogP contribution in [0.3, 0.4) is 0 Å². The van der Waals surface area contributed by atoms with Gasteiger partial charge in [-0.1, -0.05) is 12.1 Å². The number of anilines is 4. The standard InChI is InChI=1S/C21H21N5O5/c1-4-31-21(27)14-6-5-7-15(11-14)24-19-18(26(28)29)20(23-12-22-19)25-16-10-13(2)8-9-17(16)30-3/h5-12H,4H2,1-3H3,(H2,22,23,24,25). The van der Waals surface area contributed by atoms with Gasteiger partial charge < -0.3 is 20.1 Å². The summed E-state index contributed by atoms with van der Waals surface area (Å²) in [5, 5.41) is 17.7. The molecule has 10 nitrogen and oxygen atoms in total. The van der Waals surface area contributed by atoms with Crippen molar-refractivity contribution < 1.29 is 19.2 Å². The molecule has 0 radical (unpaired) electrons. The number of rotatable bonds is 8. The molecule has 1 heterocycles. The number of esters is 1. The fourth-order valence-corrected chi connectivity index (χ4v) is 2.86. The van der Waals surface area contributed by atoms with Gasteiger partial charge in [0.25, 0.3) is 0 Å². The molecule has 0 unspecified atom stereocenters. The summed E-state index contributed by atoms with van der Waals surface area (Å²) in [6, 6.07) is 11.8. The number of ether oxygens (including phenoxy) is 2. The zero-order valence-corrected chi connectivity index (χ0v) is 17.2. The van der Waals surface area contributed by atoms with E-state index >= 15 is 0 Å². The van der Waals surface area contributed by atoms with Crippen LogP contribution in [-0.4, -0.2) is 34.6 Å². The second kappa shape index (κ2) is 9.53. The van der Waals surface area contributed by atoms with Gasteiger partial charge in [-0.2, -0.15) is 0 Å². The van der Waals surface area contributed by atoms with Gasteiger partial charge in [0.15, 0.2) is 0 Å². The lowest BCUT2D eigenvalue weighted by Crippen LogP contribution is -2.07. The molecule has 2 N–H and O–H groups in total. The van der Waals surface area contributed by atoms with E-state index in [9.17, 15) is 14.9 Å². The maximum absolute atomic E-state index is 12.0. The van der Waals surface area contributed by atoms with Crippen LogP contribution < -0.4 is 15.4 Å². The number of nitro groups is 1. The molecular weight excluding hydrogens is 402 g/mol. The highest BCUT2D eigenvalue weighted by atomic mass is 16.6. The third-order valence-electron chi connectivity index (χ3n) is 4.25. The van der Waals surface area contributed by atoms with Crippen LogP contribution in [0.5, 0.6) is 5.75 Å². The molecule has 3 aromatic rings. The average Bonchev–Trinajstić information content (AvgIpc) is 2.74. The van der Waals surface area contributed by atoms with Crippen molar-refractivity contribution in [1.29, 1.82) is 0 Å². The number of benzene rings is 2. The van der Waals surface area contributed by atoms with E-state index < -0.39 is 10.9 Å². The highest BCUT2D eigenvalue weighted by Gasteiger charge is 2.24. The average molecular weight is 423 g/mol. The van der Waals surface area contributed by atoms with E-state index in [1.807, 2.05) is 13.0 Å². The summed E-state index contributed by atoms with van der Waals surface area (Å²) < 4.78 is 10.3. The quantitative estimate of drug-likeness (QED) is 0.308. The van der Waals surface area contributed by atoms with Crippen LogP contribution in [0, 0.1) is 17.0 Å². The molecule has 0 aliphatic heterocycles. The Bertz CT molecular complexity index is 1120. The summed E-state index contributed by atoms with van der Waals surface area (Å²) in [6.07, 6.45) is 1.20. The molecule has 3 rings (SSSR count). The first-order valence-corrected chi connectivity index (χ1v) is 9.38. The minimum absolute atomic E-state index is 0.00653. The topological polar surface area (TPSA) is 129 Å². The Morgan fingerprint density at radius 3 is 2.55 bits per heavy atom. The predicted octanol–water partition coefficient (Wildman–Crippen LogP) is 4.37. The molecule has 0 saturated heterocycles. The smallest absolute Gasteiger partial charge is 0.353 e. The fraction of sp³-hybridized carbons (Fsp3) is 0.190. The predicted molar refractivity (Wildman–Crippen MR) is 115 cm³/mol. The summed E-state index contributed by atoms with van der Waals surface area (Å²) in [5.74, 6) is -0.0181. The highest BCUT2D eigenvalue weighted by Crippen LogP contribution is 2.35. The molecule has 31 heavy (non-hydrogen) atoms. The number of hydrogen-bond donors (Lipinski definition) is 2. The van der Waals surface area contributed by atoms with Gasteiger partial charge in [0, 0.05) is 5.69 Å². The van der Waals surface area contributed by atoms with Gasteiger partial charge in [-0.15, -0.1) is 0 Å². The third kappa shape index (κ3) is 5.04. The summed E-state index contributed by atoms with van der Waals surface area (Å²) in [4.78, 5) is 31.3. The van der Waals surface area contributed by atoms with Gasteiger partial charge in [-0.3, -0.25) is 10.1 Å². The lowest BCUT2D eigenvalue weighted by Gasteiger charge is -2.13. The van der Waals surface area contributed by atoms with Gasteiger partial charge in [0.2, 0.25) is 11.6 Å². The van der Waals surface area contributed by atoms with Gasteiger partial charge in [0.1, 0.15) is 12.1 Å². The Labute approximate surface area is 178 Å². The van der Waals surface area contributed by atoms with Crippen LogP contribution in [-0.2, 0) is 4.74 Å². The number of aromatic nitrogens is 2. The molecular formula is C21H21N5O5. The highest BCUT2D eigenvalue weighted by molar-refractivity contribution is 5.91. The SMILES string of the molecule is CCOC(=O)c1cccc(Nc2ncnc(Nc3cc(C)ccc3OC)c2[N+](=O)[O-])c1.